The van der Waals surface area contributed by atoms with Gasteiger partial charge in [0.15, 0.2) is 11.0 Å². The van der Waals surface area contributed by atoms with Gasteiger partial charge in [-0.15, -0.1) is 21.5 Å². The number of aryl methyl sites for hydroxylation is 1. The van der Waals surface area contributed by atoms with Crippen LogP contribution in [0.2, 0.25) is 5.02 Å². The summed E-state index contributed by atoms with van der Waals surface area (Å²) in [5.41, 5.74) is 1.69. The molecule has 166 valence electrons. The van der Waals surface area contributed by atoms with Crippen LogP contribution in [-0.4, -0.2) is 26.4 Å². The van der Waals surface area contributed by atoms with Gasteiger partial charge in [-0.2, -0.15) is 5.26 Å². The fourth-order valence-corrected chi connectivity index (χ4v) is 5.60. The third-order valence-electron chi connectivity index (χ3n) is 5.04. The highest BCUT2D eigenvalue weighted by atomic mass is 35.5. The third-order valence-corrected chi connectivity index (χ3v) is 7.57. The molecular weight excluding hydrogens is 473 g/mol. The van der Waals surface area contributed by atoms with Gasteiger partial charge in [-0.25, -0.2) is 4.39 Å². The lowest BCUT2D eigenvalue weighted by molar-refractivity contribution is -0.113. The van der Waals surface area contributed by atoms with Crippen molar-refractivity contribution in [3.63, 3.8) is 0 Å². The largest absolute Gasteiger partial charge is 0.484 e. The number of carbonyl (C=O) groups is 1. The van der Waals surface area contributed by atoms with Gasteiger partial charge >= 0.3 is 0 Å². The second kappa shape index (κ2) is 9.90. The molecule has 1 N–H and O–H groups in total. The summed E-state index contributed by atoms with van der Waals surface area (Å²) in [6, 6.07) is 6.14. The van der Waals surface area contributed by atoms with E-state index in [0.29, 0.717) is 27.3 Å². The lowest BCUT2D eigenvalue weighted by Crippen LogP contribution is -2.14. The monoisotopic (exact) mass is 491 g/mol. The molecule has 1 aromatic carbocycles. The normalized spacial score (nSPS) is 12.8. The van der Waals surface area contributed by atoms with Crippen LogP contribution in [0, 0.1) is 17.1 Å². The molecule has 0 aliphatic heterocycles. The number of rotatable bonds is 7. The Morgan fingerprint density at radius 3 is 3.00 bits per heavy atom. The van der Waals surface area contributed by atoms with E-state index < -0.39 is 5.82 Å². The first kappa shape index (κ1) is 22.6. The molecule has 0 saturated carbocycles. The van der Waals surface area contributed by atoms with E-state index in [2.05, 4.69) is 21.6 Å². The van der Waals surface area contributed by atoms with Crippen molar-refractivity contribution in [1.29, 1.82) is 5.26 Å². The van der Waals surface area contributed by atoms with Gasteiger partial charge in [-0.3, -0.25) is 4.79 Å². The molecule has 4 rings (SSSR count). The smallest absolute Gasteiger partial charge is 0.235 e. The highest BCUT2D eigenvalue weighted by Gasteiger charge is 2.22. The number of nitrogens with zero attached hydrogens (tertiary/aromatic N) is 4. The molecule has 1 amide bonds. The fraction of sp³-hybridized carbons (Fsp3) is 0.333. The van der Waals surface area contributed by atoms with Crippen molar-refractivity contribution in [1.82, 2.24) is 14.8 Å². The highest BCUT2D eigenvalue weighted by molar-refractivity contribution is 7.99. The molecule has 0 atom stereocenters. The van der Waals surface area contributed by atoms with Crippen LogP contribution < -0.4 is 10.1 Å². The summed E-state index contributed by atoms with van der Waals surface area (Å²) in [5.74, 6) is 0.360. The number of nitriles is 1. The van der Waals surface area contributed by atoms with E-state index in [1.165, 1.54) is 46.2 Å². The molecule has 7 nitrogen and oxygen atoms in total. The van der Waals surface area contributed by atoms with Gasteiger partial charge in [-0.05, 0) is 49.4 Å². The predicted octanol–water partition coefficient (Wildman–Crippen LogP) is 4.73. The van der Waals surface area contributed by atoms with Crippen LogP contribution in [0.4, 0.5) is 9.39 Å². The number of hydrogen-bond donors (Lipinski definition) is 1. The second-order valence-electron chi connectivity index (χ2n) is 7.18. The van der Waals surface area contributed by atoms with Gasteiger partial charge in [-0.1, -0.05) is 23.4 Å². The fourth-order valence-electron chi connectivity index (χ4n) is 3.40. The number of aromatic nitrogens is 3. The minimum absolute atomic E-state index is 0.0912. The zero-order valence-corrected chi connectivity index (χ0v) is 19.5. The van der Waals surface area contributed by atoms with E-state index in [1.54, 1.807) is 11.6 Å². The maximum absolute atomic E-state index is 13.2. The first-order chi connectivity index (χ1) is 15.5. The molecule has 2 aromatic heterocycles. The van der Waals surface area contributed by atoms with Gasteiger partial charge in [0.1, 0.15) is 29.2 Å². The lowest BCUT2D eigenvalue weighted by atomic mass is 9.96. The van der Waals surface area contributed by atoms with Gasteiger partial charge in [0.2, 0.25) is 5.91 Å². The average molecular weight is 492 g/mol. The van der Waals surface area contributed by atoms with Crippen LogP contribution >= 0.6 is 34.7 Å². The van der Waals surface area contributed by atoms with E-state index in [9.17, 15) is 14.4 Å². The van der Waals surface area contributed by atoms with Crippen molar-refractivity contribution in [2.45, 2.75) is 37.4 Å². The Labute approximate surface area is 197 Å². The number of thiophene rings is 1. The second-order valence-corrected chi connectivity index (χ2v) is 9.64. The Hall–Kier alpha value is -2.61. The van der Waals surface area contributed by atoms with Crippen molar-refractivity contribution in [2.75, 3.05) is 11.1 Å². The number of hydrogen-bond acceptors (Lipinski definition) is 7. The Bertz CT molecular complexity index is 1200. The summed E-state index contributed by atoms with van der Waals surface area (Å²) >= 11 is 8.71. The number of nitrogens with one attached hydrogen (secondary N) is 1. The van der Waals surface area contributed by atoms with Crippen molar-refractivity contribution in [2.24, 2.45) is 7.05 Å². The lowest BCUT2D eigenvalue weighted by Gasteiger charge is -2.09. The van der Waals surface area contributed by atoms with Gasteiger partial charge < -0.3 is 14.6 Å². The van der Waals surface area contributed by atoms with Crippen molar-refractivity contribution >= 4 is 45.6 Å². The molecule has 11 heteroatoms. The van der Waals surface area contributed by atoms with E-state index in [4.69, 9.17) is 16.3 Å². The van der Waals surface area contributed by atoms with Crippen molar-refractivity contribution in [3.05, 3.63) is 50.9 Å². The molecule has 1 aliphatic carbocycles. The molecule has 0 saturated heterocycles. The van der Waals surface area contributed by atoms with E-state index >= 15 is 0 Å². The number of amides is 1. The van der Waals surface area contributed by atoms with E-state index in [0.717, 1.165) is 31.2 Å². The number of fused-ring (bicyclic) bond motifs is 1. The Balaban J connectivity index is 1.34. The minimum atomic E-state index is -0.442. The minimum Gasteiger partial charge on any atom is -0.484 e. The molecule has 0 radical (unpaired) electrons. The molecular formula is C21H19ClFN5O2S2. The number of carbonyl (C=O) groups excluding carboxylic acids is 1. The summed E-state index contributed by atoms with van der Waals surface area (Å²) in [5, 5.41) is 22.0. The number of anilines is 1. The maximum atomic E-state index is 13.2. The summed E-state index contributed by atoms with van der Waals surface area (Å²) in [6.07, 6.45) is 4.05. The first-order valence-corrected chi connectivity index (χ1v) is 12.1. The van der Waals surface area contributed by atoms with Crippen LogP contribution in [0.3, 0.4) is 0 Å². The summed E-state index contributed by atoms with van der Waals surface area (Å²) in [7, 11) is 1.77. The van der Waals surface area contributed by atoms with E-state index in [1.807, 2.05) is 0 Å². The molecule has 0 spiro atoms. The number of halogens is 2. The SMILES string of the molecule is Cn1c(COc2ccc(F)cc2Cl)nnc1SCC(=O)Nc1sc2c(c1C#N)CCCC2. The average Bonchev–Trinajstić information content (AvgIpc) is 3.30. The molecule has 2 heterocycles. The van der Waals surface area contributed by atoms with E-state index in [-0.39, 0.29) is 23.3 Å². The summed E-state index contributed by atoms with van der Waals surface area (Å²) in [4.78, 5) is 13.7. The Kier molecular flexibility index (Phi) is 6.98. The van der Waals surface area contributed by atoms with Crippen molar-refractivity contribution < 1.29 is 13.9 Å². The number of ether oxygens (including phenoxy) is 1. The highest BCUT2D eigenvalue weighted by Crippen LogP contribution is 2.37. The van der Waals surface area contributed by atoms with Crippen LogP contribution in [0.15, 0.2) is 23.4 Å². The quantitative estimate of drug-likeness (QED) is 0.480. The number of benzene rings is 1. The predicted molar refractivity (Wildman–Crippen MR) is 122 cm³/mol. The molecule has 0 bridgehead atoms. The molecule has 32 heavy (non-hydrogen) atoms. The van der Waals surface area contributed by atoms with Crippen LogP contribution in [0.1, 0.15) is 34.7 Å². The zero-order valence-electron chi connectivity index (χ0n) is 17.2. The van der Waals surface area contributed by atoms with Crippen LogP contribution in [-0.2, 0) is 31.3 Å². The van der Waals surface area contributed by atoms with Gasteiger partial charge in [0, 0.05) is 11.9 Å². The zero-order chi connectivity index (χ0) is 22.7. The van der Waals surface area contributed by atoms with Crippen LogP contribution in [0.5, 0.6) is 5.75 Å². The first-order valence-electron chi connectivity index (χ1n) is 9.89. The Morgan fingerprint density at radius 2 is 2.22 bits per heavy atom. The Morgan fingerprint density at radius 1 is 1.41 bits per heavy atom. The maximum Gasteiger partial charge on any atom is 0.235 e. The van der Waals surface area contributed by atoms with Crippen molar-refractivity contribution in [3.8, 4) is 11.8 Å². The molecule has 0 fully saturated rings. The topological polar surface area (TPSA) is 92.8 Å². The molecule has 3 aromatic rings. The standard InChI is InChI=1S/C21H19ClFN5O2S2/c1-28-18(10-30-16-7-6-12(23)8-15(16)22)26-27-21(28)31-11-19(29)25-20-14(9-24)13-4-2-3-5-17(13)32-20/h6-8H,2-5,10-11H2,1H3,(H,25,29). The van der Waals surface area contributed by atoms with Gasteiger partial charge in [0.05, 0.1) is 16.3 Å². The third kappa shape index (κ3) is 4.90. The summed E-state index contributed by atoms with van der Waals surface area (Å²) < 4.78 is 20.5. The van der Waals surface area contributed by atoms with Gasteiger partial charge in [0.25, 0.3) is 0 Å². The summed E-state index contributed by atoms with van der Waals surface area (Å²) in [6.45, 7) is 0.0912. The van der Waals surface area contributed by atoms with Crippen LogP contribution in [0.25, 0.3) is 0 Å². The molecule has 1 aliphatic rings. The number of thioether (sulfide) groups is 1. The molecule has 0 unspecified atom stereocenters.